The molecule has 4 N–H and O–H groups in total. The fraction of sp³-hybridized carbons (Fsp3) is 0.353. The summed E-state index contributed by atoms with van der Waals surface area (Å²) in [6.07, 6.45) is 0.920. The van der Waals surface area contributed by atoms with Gasteiger partial charge in [-0.05, 0) is 37.5 Å². The lowest BCUT2D eigenvalue weighted by molar-refractivity contribution is 0.0999. The van der Waals surface area contributed by atoms with E-state index in [1.807, 2.05) is 18.2 Å². The van der Waals surface area contributed by atoms with E-state index < -0.39 is 5.91 Å². The normalized spacial score (nSPS) is 10.9. The number of anilines is 1. The monoisotopic (exact) mass is 392 g/mol. The number of hydrogen-bond acceptors (Lipinski definition) is 5. The van der Waals surface area contributed by atoms with Crippen LogP contribution in [0.3, 0.4) is 0 Å². The van der Waals surface area contributed by atoms with Crippen LogP contribution < -0.4 is 16.2 Å². The zero-order valence-corrected chi connectivity index (χ0v) is 15.6. The van der Waals surface area contributed by atoms with E-state index in [2.05, 4.69) is 39.7 Å². The lowest BCUT2D eigenvalue weighted by Crippen LogP contribution is -2.17. The van der Waals surface area contributed by atoms with Crippen LogP contribution in [0, 0.1) is 12.8 Å². The van der Waals surface area contributed by atoms with Crippen LogP contribution in [-0.2, 0) is 0 Å². The van der Waals surface area contributed by atoms with E-state index in [0.29, 0.717) is 35.2 Å². The summed E-state index contributed by atoms with van der Waals surface area (Å²) in [6, 6.07) is 5.53. The Kier molecular flexibility index (Phi) is 5.77. The van der Waals surface area contributed by atoms with E-state index in [0.717, 1.165) is 10.9 Å². The van der Waals surface area contributed by atoms with Gasteiger partial charge in [-0.1, -0.05) is 29.8 Å². The van der Waals surface area contributed by atoms with Crippen molar-refractivity contribution in [3.8, 4) is 17.0 Å². The quantitative estimate of drug-likeness (QED) is 0.784. The Bertz CT molecular complexity index is 762. The molecule has 0 saturated carbocycles. The topological polar surface area (TPSA) is 104 Å². The highest BCUT2D eigenvalue weighted by Crippen LogP contribution is 2.34. The maximum absolute atomic E-state index is 11.9. The molecule has 0 atom stereocenters. The molecule has 0 spiro atoms. The predicted molar refractivity (Wildman–Crippen MR) is 97.8 cm³/mol. The first kappa shape index (κ1) is 18.2. The number of amides is 1. The molecule has 0 aliphatic rings. The number of ether oxygens (including phenoxy) is 1. The number of nitrogen functional groups attached to an aromatic ring is 1. The average molecular weight is 393 g/mol. The van der Waals surface area contributed by atoms with Crippen molar-refractivity contribution in [3.63, 3.8) is 0 Å². The van der Waals surface area contributed by atoms with Gasteiger partial charge in [0, 0.05) is 10.0 Å². The zero-order valence-electron chi connectivity index (χ0n) is 14.0. The van der Waals surface area contributed by atoms with Crippen LogP contribution >= 0.6 is 15.9 Å². The molecule has 128 valence electrons. The van der Waals surface area contributed by atoms with Gasteiger partial charge in [0.2, 0.25) is 5.95 Å². The number of hydrogen-bond donors (Lipinski definition) is 2. The summed E-state index contributed by atoms with van der Waals surface area (Å²) in [5, 5.41) is 0. The Morgan fingerprint density at radius 3 is 2.67 bits per heavy atom. The SMILES string of the molecule is Cc1nc(N)nc(-c2cc(Br)ccc2OCCC(C)C)c1C(N)=O. The van der Waals surface area contributed by atoms with Crippen LogP contribution in [0.5, 0.6) is 5.75 Å². The van der Waals surface area contributed by atoms with Gasteiger partial charge in [-0.25, -0.2) is 9.97 Å². The fourth-order valence-corrected chi connectivity index (χ4v) is 2.66. The van der Waals surface area contributed by atoms with Crippen molar-refractivity contribution in [2.24, 2.45) is 11.7 Å². The van der Waals surface area contributed by atoms with Crippen molar-refractivity contribution < 1.29 is 9.53 Å². The molecule has 0 aliphatic carbocycles. The molecule has 1 aromatic heterocycles. The predicted octanol–water partition coefficient (Wildman–Crippen LogP) is 3.32. The first-order chi connectivity index (χ1) is 11.3. The van der Waals surface area contributed by atoms with Crippen LogP contribution in [0.25, 0.3) is 11.3 Å². The highest BCUT2D eigenvalue weighted by molar-refractivity contribution is 9.10. The van der Waals surface area contributed by atoms with Crippen LogP contribution in [0.4, 0.5) is 5.95 Å². The second-order valence-electron chi connectivity index (χ2n) is 5.93. The number of carbonyl (C=O) groups excluding carboxylic acids is 1. The molecular weight excluding hydrogens is 372 g/mol. The second-order valence-corrected chi connectivity index (χ2v) is 6.84. The van der Waals surface area contributed by atoms with E-state index >= 15 is 0 Å². The highest BCUT2D eigenvalue weighted by Gasteiger charge is 2.20. The summed E-state index contributed by atoms with van der Waals surface area (Å²) >= 11 is 3.44. The molecule has 6 nitrogen and oxygen atoms in total. The molecule has 1 amide bonds. The van der Waals surface area contributed by atoms with Gasteiger partial charge in [0.25, 0.3) is 5.91 Å². The Morgan fingerprint density at radius 1 is 1.33 bits per heavy atom. The fourth-order valence-electron chi connectivity index (χ4n) is 2.30. The molecule has 2 rings (SSSR count). The van der Waals surface area contributed by atoms with Crippen molar-refractivity contribution in [2.45, 2.75) is 27.2 Å². The maximum Gasteiger partial charge on any atom is 0.252 e. The number of halogens is 1. The van der Waals surface area contributed by atoms with Gasteiger partial charge >= 0.3 is 0 Å². The van der Waals surface area contributed by atoms with E-state index in [-0.39, 0.29) is 11.5 Å². The van der Waals surface area contributed by atoms with Crippen molar-refractivity contribution in [3.05, 3.63) is 33.9 Å². The van der Waals surface area contributed by atoms with Gasteiger partial charge in [-0.2, -0.15) is 0 Å². The van der Waals surface area contributed by atoms with E-state index in [1.165, 1.54) is 0 Å². The zero-order chi connectivity index (χ0) is 17.9. The van der Waals surface area contributed by atoms with Gasteiger partial charge < -0.3 is 16.2 Å². The summed E-state index contributed by atoms with van der Waals surface area (Å²) in [5.74, 6) is 0.636. The summed E-state index contributed by atoms with van der Waals surface area (Å²) in [6.45, 7) is 6.51. The number of rotatable bonds is 6. The number of aryl methyl sites for hydroxylation is 1. The van der Waals surface area contributed by atoms with Crippen molar-refractivity contribution in [1.29, 1.82) is 0 Å². The van der Waals surface area contributed by atoms with Crippen molar-refractivity contribution in [2.75, 3.05) is 12.3 Å². The van der Waals surface area contributed by atoms with Gasteiger partial charge in [0.15, 0.2) is 0 Å². The average Bonchev–Trinajstić information content (AvgIpc) is 2.47. The number of primary amides is 1. The minimum Gasteiger partial charge on any atom is -0.493 e. The minimum absolute atomic E-state index is 0.0839. The molecule has 0 fully saturated rings. The molecule has 0 unspecified atom stereocenters. The largest absolute Gasteiger partial charge is 0.493 e. The van der Waals surface area contributed by atoms with Gasteiger partial charge in [-0.3, -0.25) is 4.79 Å². The number of carbonyl (C=O) groups is 1. The number of aromatic nitrogens is 2. The molecule has 2 aromatic rings. The van der Waals surface area contributed by atoms with Crippen molar-refractivity contribution >= 4 is 27.8 Å². The molecule has 24 heavy (non-hydrogen) atoms. The summed E-state index contributed by atoms with van der Waals surface area (Å²) in [4.78, 5) is 20.1. The molecule has 0 bridgehead atoms. The molecule has 1 heterocycles. The maximum atomic E-state index is 11.9. The Hall–Kier alpha value is -2.15. The van der Waals surface area contributed by atoms with Gasteiger partial charge in [0.1, 0.15) is 5.75 Å². The minimum atomic E-state index is -0.601. The van der Waals surface area contributed by atoms with E-state index in [1.54, 1.807) is 6.92 Å². The number of nitrogens with zero attached hydrogens (tertiary/aromatic N) is 2. The Labute approximate surface area is 149 Å². The van der Waals surface area contributed by atoms with E-state index in [9.17, 15) is 4.79 Å². The molecule has 1 aromatic carbocycles. The van der Waals surface area contributed by atoms with Crippen LogP contribution in [0.1, 0.15) is 36.3 Å². The summed E-state index contributed by atoms with van der Waals surface area (Å²) in [7, 11) is 0. The lowest BCUT2D eigenvalue weighted by atomic mass is 10.0. The third-order valence-electron chi connectivity index (χ3n) is 3.50. The van der Waals surface area contributed by atoms with Crippen molar-refractivity contribution in [1.82, 2.24) is 9.97 Å². The summed E-state index contributed by atoms with van der Waals surface area (Å²) < 4.78 is 6.73. The smallest absolute Gasteiger partial charge is 0.252 e. The van der Waals surface area contributed by atoms with Crippen LogP contribution in [0.2, 0.25) is 0 Å². The van der Waals surface area contributed by atoms with Gasteiger partial charge in [0.05, 0.1) is 23.6 Å². The number of benzene rings is 1. The lowest BCUT2D eigenvalue weighted by Gasteiger charge is -2.15. The molecule has 7 heteroatoms. The Morgan fingerprint density at radius 2 is 2.04 bits per heavy atom. The number of nitrogens with two attached hydrogens (primary N) is 2. The summed E-state index contributed by atoms with van der Waals surface area (Å²) in [5.41, 5.74) is 13.0. The first-order valence-corrected chi connectivity index (χ1v) is 8.45. The standard InChI is InChI=1S/C17H21BrN4O2/c1-9(2)6-7-24-13-5-4-11(18)8-12(13)15-14(16(19)23)10(3)21-17(20)22-15/h4-5,8-9H,6-7H2,1-3H3,(H2,19,23)(H2,20,21,22). The first-order valence-electron chi connectivity index (χ1n) is 7.66. The highest BCUT2D eigenvalue weighted by atomic mass is 79.9. The Balaban J connectivity index is 2.55. The molecular formula is C17H21BrN4O2. The third-order valence-corrected chi connectivity index (χ3v) is 4.00. The molecule has 0 aliphatic heterocycles. The molecule has 0 saturated heterocycles. The van der Waals surface area contributed by atoms with Crippen LogP contribution in [0.15, 0.2) is 22.7 Å². The third kappa shape index (κ3) is 4.23. The molecule has 0 radical (unpaired) electrons. The second kappa shape index (κ2) is 7.61. The van der Waals surface area contributed by atoms with Gasteiger partial charge in [-0.15, -0.1) is 0 Å². The van der Waals surface area contributed by atoms with E-state index in [4.69, 9.17) is 16.2 Å². The van der Waals surface area contributed by atoms with Crippen LogP contribution in [-0.4, -0.2) is 22.5 Å².